The molecule has 0 aliphatic carbocycles. The van der Waals surface area contributed by atoms with Crippen molar-refractivity contribution in [2.75, 3.05) is 11.9 Å². The van der Waals surface area contributed by atoms with Crippen molar-refractivity contribution in [3.63, 3.8) is 0 Å². The summed E-state index contributed by atoms with van der Waals surface area (Å²) in [6.45, 7) is 5.91. The van der Waals surface area contributed by atoms with E-state index in [1.165, 1.54) is 6.92 Å². The molecule has 2 amide bonds. The van der Waals surface area contributed by atoms with Crippen LogP contribution < -0.4 is 20.1 Å². The third kappa shape index (κ3) is 5.97. The molecule has 0 unspecified atom stereocenters. The molecule has 180 valence electrons. The second-order valence-corrected chi connectivity index (χ2v) is 8.05. The molecule has 1 atom stereocenters. The molecular weight excluding hydrogens is 444 g/mol. The molecule has 8 nitrogen and oxygen atoms in total. The van der Waals surface area contributed by atoms with Gasteiger partial charge in [0.25, 0.3) is 0 Å². The lowest BCUT2D eigenvalue weighted by molar-refractivity contribution is -0.119. The molecule has 0 fully saturated rings. The summed E-state index contributed by atoms with van der Waals surface area (Å²) < 4.78 is 13.1. The molecule has 0 spiro atoms. The minimum absolute atomic E-state index is 0.0597. The van der Waals surface area contributed by atoms with E-state index in [0.717, 1.165) is 16.8 Å². The molecule has 1 aromatic heterocycles. The SMILES string of the molecule is CCOc1ccc(Oc2ccc(NC(=O)Cn3c([C@H](C)NC(C)=O)nc4ccccc43)cc2)cc1. The lowest BCUT2D eigenvalue weighted by Gasteiger charge is -2.15. The van der Waals surface area contributed by atoms with Gasteiger partial charge in [-0.25, -0.2) is 4.98 Å². The van der Waals surface area contributed by atoms with Gasteiger partial charge in [-0.15, -0.1) is 0 Å². The molecule has 0 aliphatic rings. The van der Waals surface area contributed by atoms with Crippen molar-refractivity contribution < 1.29 is 19.1 Å². The van der Waals surface area contributed by atoms with Crippen LogP contribution in [0.25, 0.3) is 11.0 Å². The summed E-state index contributed by atoms with van der Waals surface area (Å²) in [6.07, 6.45) is 0. The molecule has 8 heteroatoms. The van der Waals surface area contributed by atoms with Crippen LogP contribution in [0.4, 0.5) is 5.69 Å². The van der Waals surface area contributed by atoms with E-state index in [9.17, 15) is 9.59 Å². The molecule has 4 rings (SSSR count). The molecule has 3 aromatic carbocycles. The fourth-order valence-corrected chi connectivity index (χ4v) is 3.82. The molecule has 4 aromatic rings. The zero-order valence-electron chi connectivity index (χ0n) is 19.9. The topological polar surface area (TPSA) is 94.5 Å². The summed E-state index contributed by atoms with van der Waals surface area (Å²) in [5.41, 5.74) is 2.24. The number of benzene rings is 3. The summed E-state index contributed by atoms with van der Waals surface area (Å²) in [5, 5.41) is 5.76. The summed E-state index contributed by atoms with van der Waals surface area (Å²) in [7, 11) is 0. The first-order valence-corrected chi connectivity index (χ1v) is 11.5. The number of nitrogens with one attached hydrogen (secondary N) is 2. The smallest absolute Gasteiger partial charge is 0.244 e. The van der Waals surface area contributed by atoms with Crippen LogP contribution in [0, 0.1) is 0 Å². The lowest BCUT2D eigenvalue weighted by atomic mass is 10.2. The van der Waals surface area contributed by atoms with Crippen LogP contribution in [0.5, 0.6) is 17.2 Å². The van der Waals surface area contributed by atoms with Crippen molar-refractivity contribution in [2.45, 2.75) is 33.4 Å². The Bertz CT molecular complexity index is 1310. The largest absolute Gasteiger partial charge is 0.494 e. The first kappa shape index (κ1) is 23.8. The molecule has 0 aliphatic heterocycles. The molecule has 1 heterocycles. The average molecular weight is 473 g/mol. The van der Waals surface area contributed by atoms with Gasteiger partial charge in [-0.3, -0.25) is 9.59 Å². The lowest BCUT2D eigenvalue weighted by Crippen LogP contribution is -2.28. The van der Waals surface area contributed by atoms with Crippen LogP contribution in [0.3, 0.4) is 0 Å². The number of carbonyl (C=O) groups excluding carboxylic acids is 2. The second kappa shape index (κ2) is 10.7. The first-order valence-electron chi connectivity index (χ1n) is 11.5. The summed E-state index contributed by atoms with van der Waals surface area (Å²) in [6, 6.07) is 21.8. The maximum Gasteiger partial charge on any atom is 0.244 e. The Morgan fingerprint density at radius 3 is 2.23 bits per heavy atom. The normalized spacial score (nSPS) is 11.6. The number of hydrogen-bond donors (Lipinski definition) is 2. The van der Waals surface area contributed by atoms with E-state index in [-0.39, 0.29) is 24.4 Å². The zero-order valence-corrected chi connectivity index (χ0v) is 19.9. The molecule has 0 bridgehead atoms. The number of amides is 2. The third-order valence-corrected chi connectivity index (χ3v) is 5.30. The van der Waals surface area contributed by atoms with Crippen molar-refractivity contribution in [2.24, 2.45) is 0 Å². The summed E-state index contributed by atoms with van der Waals surface area (Å²) in [5.74, 6) is 2.39. The molecule has 0 saturated heterocycles. The monoisotopic (exact) mass is 472 g/mol. The number of hydrogen-bond acceptors (Lipinski definition) is 5. The highest BCUT2D eigenvalue weighted by Gasteiger charge is 2.19. The van der Waals surface area contributed by atoms with Crippen molar-refractivity contribution in [1.29, 1.82) is 0 Å². The van der Waals surface area contributed by atoms with Crippen molar-refractivity contribution >= 4 is 28.5 Å². The van der Waals surface area contributed by atoms with Gasteiger partial charge in [0, 0.05) is 12.6 Å². The number of aromatic nitrogens is 2. The van der Waals surface area contributed by atoms with Gasteiger partial charge < -0.3 is 24.7 Å². The van der Waals surface area contributed by atoms with E-state index in [1.807, 2.05) is 66.9 Å². The number of nitrogens with zero attached hydrogens (tertiary/aromatic N) is 2. The van der Waals surface area contributed by atoms with E-state index in [4.69, 9.17) is 9.47 Å². The number of ether oxygens (including phenoxy) is 2. The highest BCUT2D eigenvalue weighted by molar-refractivity contribution is 5.91. The number of rotatable bonds is 9. The minimum Gasteiger partial charge on any atom is -0.494 e. The minimum atomic E-state index is -0.341. The van der Waals surface area contributed by atoms with E-state index in [2.05, 4.69) is 15.6 Å². The molecular formula is C27H28N4O4. The van der Waals surface area contributed by atoms with E-state index in [0.29, 0.717) is 29.6 Å². The maximum absolute atomic E-state index is 12.9. The number of carbonyl (C=O) groups is 2. The van der Waals surface area contributed by atoms with Gasteiger partial charge >= 0.3 is 0 Å². The van der Waals surface area contributed by atoms with Gasteiger partial charge in [0.15, 0.2) is 0 Å². The van der Waals surface area contributed by atoms with Gasteiger partial charge in [0.05, 0.1) is 23.7 Å². The van der Waals surface area contributed by atoms with Crippen LogP contribution in [-0.4, -0.2) is 28.0 Å². The van der Waals surface area contributed by atoms with Crippen molar-refractivity contribution in [3.05, 3.63) is 78.6 Å². The highest BCUT2D eigenvalue weighted by Crippen LogP contribution is 2.25. The Labute approximate surface area is 203 Å². The summed E-state index contributed by atoms with van der Waals surface area (Å²) >= 11 is 0. The fourth-order valence-electron chi connectivity index (χ4n) is 3.82. The van der Waals surface area contributed by atoms with Crippen LogP contribution in [-0.2, 0) is 16.1 Å². The first-order chi connectivity index (χ1) is 16.9. The Kier molecular flexibility index (Phi) is 7.30. The maximum atomic E-state index is 12.9. The second-order valence-electron chi connectivity index (χ2n) is 8.05. The molecule has 0 saturated carbocycles. The number of anilines is 1. The van der Waals surface area contributed by atoms with E-state index in [1.54, 1.807) is 24.3 Å². The molecule has 2 N–H and O–H groups in total. The Hall–Kier alpha value is -4.33. The standard InChI is InChI=1S/C27H28N4O4/c1-4-34-21-13-15-23(16-14-21)35-22-11-9-20(10-12-22)29-26(33)17-31-25-8-6-5-7-24(25)30-27(31)18(2)28-19(3)32/h5-16,18H,4,17H2,1-3H3,(H,28,32)(H,29,33)/t18-/m0/s1. The van der Waals surface area contributed by atoms with E-state index >= 15 is 0 Å². The number of fused-ring (bicyclic) bond motifs is 1. The van der Waals surface area contributed by atoms with Crippen LogP contribution in [0.15, 0.2) is 72.8 Å². The average Bonchev–Trinajstić information content (AvgIpc) is 3.20. The Morgan fingerprint density at radius 1 is 0.943 bits per heavy atom. The Morgan fingerprint density at radius 2 is 1.57 bits per heavy atom. The van der Waals surface area contributed by atoms with Gasteiger partial charge in [-0.1, -0.05) is 12.1 Å². The molecule has 0 radical (unpaired) electrons. The van der Waals surface area contributed by atoms with Gasteiger partial charge in [0.1, 0.15) is 29.6 Å². The fraction of sp³-hybridized carbons (Fsp3) is 0.222. The highest BCUT2D eigenvalue weighted by atomic mass is 16.5. The predicted octanol–water partition coefficient (Wildman–Crippen LogP) is 5.06. The third-order valence-electron chi connectivity index (χ3n) is 5.30. The number of para-hydroxylation sites is 2. The zero-order chi connectivity index (χ0) is 24.8. The van der Waals surface area contributed by atoms with Crippen molar-refractivity contribution in [3.8, 4) is 17.2 Å². The van der Waals surface area contributed by atoms with Crippen LogP contribution in [0.1, 0.15) is 32.6 Å². The van der Waals surface area contributed by atoms with E-state index < -0.39 is 0 Å². The van der Waals surface area contributed by atoms with Gasteiger partial charge in [-0.05, 0) is 74.5 Å². The molecule has 35 heavy (non-hydrogen) atoms. The predicted molar refractivity (Wildman–Crippen MR) is 135 cm³/mol. The van der Waals surface area contributed by atoms with Gasteiger partial charge in [-0.2, -0.15) is 0 Å². The van der Waals surface area contributed by atoms with Crippen molar-refractivity contribution in [1.82, 2.24) is 14.9 Å². The van der Waals surface area contributed by atoms with Gasteiger partial charge in [0.2, 0.25) is 11.8 Å². The number of imidazole rings is 1. The summed E-state index contributed by atoms with van der Waals surface area (Å²) in [4.78, 5) is 29.1. The van der Waals surface area contributed by atoms with Crippen LogP contribution in [0.2, 0.25) is 0 Å². The van der Waals surface area contributed by atoms with Crippen LogP contribution >= 0.6 is 0 Å². The Balaban J connectivity index is 1.43. The quantitative estimate of drug-likeness (QED) is 0.355.